The minimum atomic E-state index is 0.767. The Morgan fingerprint density at radius 3 is 2.67 bits per heavy atom. The minimum absolute atomic E-state index is 0.767. The zero-order valence-electron chi connectivity index (χ0n) is 12.4. The molecule has 0 saturated carbocycles. The summed E-state index contributed by atoms with van der Waals surface area (Å²) in [6.45, 7) is 5.11. The number of pyridine rings is 1. The number of aromatic nitrogens is 1. The van der Waals surface area contributed by atoms with Crippen molar-refractivity contribution in [2.24, 2.45) is 0 Å². The number of fused-ring (bicyclic) bond motifs is 1. The van der Waals surface area contributed by atoms with E-state index in [0.29, 0.717) is 0 Å². The molecule has 3 heteroatoms. The first-order valence-electron chi connectivity index (χ1n) is 7.18. The van der Waals surface area contributed by atoms with E-state index in [1.807, 2.05) is 24.3 Å². The van der Waals surface area contributed by atoms with Crippen LogP contribution in [0.4, 0.5) is 17.2 Å². The van der Waals surface area contributed by atoms with Crippen molar-refractivity contribution in [2.45, 2.75) is 13.8 Å². The number of anilines is 3. The minimum Gasteiger partial charge on any atom is -0.399 e. The number of rotatable bonds is 3. The van der Waals surface area contributed by atoms with E-state index in [2.05, 4.69) is 49.1 Å². The summed E-state index contributed by atoms with van der Waals surface area (Å²) in [5, 5.41) is 1.07. The highest BCUT2D eigenvalue weighted by Gasteiger charge is 2.09. The van der Waals surface area contributed by atoms with Crippen LogP contribution in [0.15, 0.2) is 54.6 Å². The van der Waals surface area contributed by atoms with Gasteiger partial charge in [0.2, 0.25) is 0 Å². The summed E-state index contributed by atoms with van der Waals surface area (Å²) in [5.74, 6) is 0.959. The monoisotopic (exact) mass is 277 g/mol. The summed E-state index contributed by atoms with van der Waals surface area (Å²) in [7, 11) is 0. The summed E-state index contributed by atoms with van der Waals surface area (Å²) >= 11 is 0. The molecule has 1 heterocycles. The van der Waals surface area contributed by atoms with E-state index >= 15 is 0 Å². The number of benzene rings is 2. The molecule has 0 amide bonds. The quantitative estimate of drug-likeness (QED) is 0.726. The molecule has 106 valence electrons. The molecule has 0 unspecified atom stereocenters. The van der Waals surface area contributed by atoms with Gasteiger partial charge < -0.3 is 10.6 Å². The van der Waals surface area contributed by atoms with Gasteiger partial charge in [0.25, 0.3) is 0 Å². The predicted molar refractivity (Wildman–Crippen MR) is 90.0 cm³/mol. The maximum absolute atomic E-state index is 5.82. The zero-order valence-corrected chi connectivity index (χ0v) is 12.4. The first kappa shape index (κ1) is 13.4. The third-order valence-electron chi connectivity index (χ3n) is 3.60. The third kappa shape index (κ3) is 2.68. The average molecular weight is 277 g/mol. The van der Waals surface area contributed by atoms with Crippen LogP contribution in [-0.2, 0) is 0 Å². The van der Waals surface area contributed by atoms with Crippen molar-refractivity contribution >= 4 is 28.1 Å². The lowest BCUT2D eigenvalue weighted by atomic mass is 10.2. The molecular weight excluding hydrogens is 258 g/mol. The number of nitrogens with zero attached hydrogens (tertiary/aromatic N) is 2. The molecule has 0 saturated heterocycles. The van der Waals surface area contributed by atoms with Crippen LogP contribution in [0.5, 0.6) is 0 Å². The molecule has 0 spiro atoms. The van der Waals surface area contributed by atoms with Gasteiger partial charge in [-0.05, 0) is 61.9 Å². The highest BCUT2D eigenvalue weighted by Crippen LogP contribution is 2.26. The summed E-state index contributed by atoms with van der Waals surface area (Å²) < 4.78 is 0. The van der Waals surface area contributed by atoms with Gasteiger partial charge in [-0.15, -0.1) is 0 Å². The fraction of sp³-hybridized carbons (Fsp3) is 0.167. The van der Waals surface area contributed by atoms with Crippen LogP contribution >= 0.6 is 0 Å². The first-order valence-corrected chi connectivity index (χ1v) is 7.18. The van der Waals surface area contributed by atoms with Gasteiger partial charge in [-0.25, -0.2) is 4.98 Å². The lowest BCUT2D eigenvalue weighted by Gasteiger charge is -2.22. The van der Waals surface area contributed by atoms with Crippen molar-refractivity contribution in [3.63, 3.8) is 0 Å². The van der Waals surface area contributed by atoms with Crippen LogP contribution in [0.2, 0.25) is 0 Å². The highest BCUT2D eigenvalue weighted by atomic mass is 15.2. The second kappa shape index (κ2) is 5.44. The maximum atomic E-state index is 5.82. The summed E-state index contributed by atoms with van der Waals surface area (Å²) in [6.07, 6.45) is 0. The molecule has 0 radical (unpaired) electrons. The molecule has 1 aromatic heterocycles. The molecular formula is C18H19N3. The number of hydrogen-bond donors (Lipinski definition) is 1. The molecule has 0 bridgehead atoms. The molecule has 0 aliphatic rings. The molecule has 3 rings (SSSR count). The number of nitrogens with two attached hydrogens (primary N) is 1. The lowest BCUT2D eigenvalue weighted by Crippen LogP contribution is -2.17. The van der Waals surface area contributed by atoms with E-state index in [9.17, 15) is 0 Å². The molecule has 2 aromatic carbocycles. The summed E-state index contributed by atoms with van der Waals surface area (Å²) in [6, 6.07) is 18.4. The molecule has 2 N–H and O–H groups in total. The Labute approximate surface area is 125 Å². The van der Waals surface area contributed by atoms with Gasteiger partial charge in [-0.2, -0.15) is 0 Å². The second-order valence-electron chi connectivity index (χ2n) is 5.20. The number of nitrogen functional groups attached to an aromatic ring is 1. The van der Waals surface area contributed by atoms with Crippen LogP contribution in [0.25, 0.3) is 10.9 Å². The standard InChI is InChI=1S/C18H19N3/c1-3-21(16-6-4-5-13(2)11-16)18-10-7-14-12-15(19)8-9-17(14)20-18/h4-12H,3,19H2,1-2H3. The third-order valence-corrected chi connectivity index (χ3v) is 3.60. The molecule has 0 atom stereocenters. The second-order valence-corrected chi connectivity index (χ2v) is 5.20. The van der Waals surface area contributed by atoms with Gasteiger partial charge in [0.15, 0.2) is 0 Å². The van der Waals surface area contributed by atoms with Gasteiger partial charge in [-0.1, -0.05) is 12.1 Å². The topological polar surface area (TPSA) is 42.1 Å². The smallest absolute Gasteiger partial charge is 0.133 e. The largest absolute Gasteiger partial charge is 0.399 e. The van der Waals surface area contributed by atoms with Gasteiger partial charge in [0.1, 0.15) is 5.82 Å². The van der Waals surface area contributed by atoms with Crippen LogP contribution in [-0.4, -0.2) is 11.5 Å². The predicted octanol–water partition coefficient (Wildman–Crippen LogP) is 4.28. The van der Waals surface area contributed by atoms with E-state index in [-0.39, 0.29) is 0 Å². The van der Waals surface area contributed by atoms with Crippen molar-refractivity contribution in [2.75, 3.05) is 17.2 Å². The van der Waals surface area contributed by atoms with Crippen molar-refractivity contribution in [1.82, 2.24) is 4.98 Å². The lowest BCUT2D eigenvalue weighted by molar-refractivity contribution is 0.996. The van der Waals surface area contributed by atoms with Crippen LogP contribution in [0, 0.1) is 6.92 Å². The molecule has 0 aliphatic carbocycles. The molecule has 0 fully saturated rings. The van der Waals surface area contributed by atoms with Crippen LogP contribution in [0.1, 0.15) is 12.5 Å². The van der Waals surface area contributed by atoms with E-state index in [1.54, 1.807) is 0 Å². The van der Waals surface area contributed by atoms with Crippen molar-refractivity contribution in [3.8, 4) is 0 Å². The Hall–Kier alpha value is -2.55. The van der Waals surface area contributed by atoms with Crippen LogP contribution in [0.3, 0.4) is 0 Å². The van der Waals surface area contributed by atoms with E-state index < -0.39 is 0 Å². The van der Waals surface area contributed by atoms with Gasteiger partial charge in [0.05, 0.1) is 5.52 Å². The van der Waals surface area contributed by atoms with Crippen molar-refractivity contribution in [1.29, 1.82) is 0 Å². The normalized spacial score (nSPS) is 10.8. The highest BCUT2D eigenvalue weighted by molar-refractivity contribution is 5.84. The summed E-state index contributed by atoms with van der Waals surface area (Å²) in [4.78, 5) is 6.98. The molecule has 3 aromatic rings. The summed E-state index contributed by atoms with van der Waals surface area (Å²) in [5.41, 5.74) is 9.97. The Morgan fingerprint density at radius 1 is 1.05 bits per heavy atom. The fourth-order valence-electron chi connectivity index (χ4n) is 2.56. The molecule has 21 heavy (non-hydrogen) atoms. The number of aryl methyl sites for hydroxylation is 1. The van der Waals surface area contributed by atoms with Gasteiger partial charge in [0, 0.05) is 23.3 Å². The Kier molecular flexibility index (Phi) is 3.48. The Bertz CT molecular complexity index is 780. The Morgan fingerprint density at radius 2 is 1.90 bits per heavy atom. The maximum Gasteiger partial charge on any atom is 0.133 e. The average Bonchev–Trinajstić information content (AvgIpc) is 2.48. The molecule has 0 aliphatic heterocycles. The van der Waals surface area contributed by atoms with Crippen LogP contribution < -0.4 is 10.6 Å². The zero-order chi connectivity index (χ0) is 14.8. The van der Waals surface area contributed by atoms with E-state index in [1.165, 1.54) is 11.3 Å². The van der Waals surface area contributed by atoms with Crippen molar-refractivity contribution < 1.29 is 0 Å². The SMILES string of the molecule is CCN(c1cccc(C)c1)c1ccc2cc(N)ccc2n1. The van der Waals surface area contributed by atoms with E-state index in [0.717, 1.165) is 29.0 Å². The number of hydrogen-bond acceptors (Lipinski definition) is 3. The Balaban J connectivity index is 2.06. The molecule has 3 nitrogen and oxygen atoms in total. The van der Waals surface area contributed by atoms with Crippen molar-refractivity contribution in [3.05, 3.63) is 60.2 Å². The first-order chi connectivity index (χ1) is 10.2. The van der Waals surface area contributed by atoms with E-state index in [4.69, 9.17) is 10.7 Å². The van der Waals surface area contributed by atoms with Gasteiger partial charge >= 0.3 is 0 Å². The fourth-order valence-corrected chi connectivity index (χ4v) is 2.56. The van der Waals surface area contributed by atoms with Gasteiger partial charge in [-0.3, -0.25) is 0 Å².